The first-order chi connectivity index (χ1) is 15.8. The molecule has 2 atom stereocenters. The second kappa shape index (κ2) is 7.88. The molecule has 5 rings (SSSR count). The predicted molar refractivity (Wildman–Crippen MR) is 126 cm³/mol. The van der Waals surface area contributed by atoms with E-state index >= 15 is 0 Å². The molecule has 168 valence electrons. The largest absolute Gasteiger partial charge is 0.382 e. The van der Waals surface area contributed by atoms with Gasteiger partial charge in [-0.25, -0.2) is 9.49 Å². The molecule has 7 nitrogen and oxygen atoms in total. The van der Waals surface area contributed by atoms with Gasteiger partial charge in [0.25, 0.3) is 11.5 Å². The highest BCUT2D eigenvalue weighted by Crippen LogP contribution is 2.43. The van der Waals surface area contributed by atoms with Crippen molar-refractivity contribution in [3.8, 4) is 11.1 Å². The Balaban J connectivity index is 1.41. The molecule has 0 spiro atoms. The topological polar surface area (TPSA) is 106 Å². The molecule has 0 bridgehead atoms. The van der Waals surface area contributed by atoms with Crippen molar-refractivity contribution in [1.82, 2.24) is 20.1 Å². The molecule has 4 aromatic rings. The van der Waals surface area contributed by atoms with Gasteiger partial charge in [-0.05, 0) is 36.6 Å². The monoisotopic (exact) mass is 445 g/mol. The number of rotatable bonds is 5. The summed E-state index contributed by atoms with van der Waals surface area (Å²) >= 11 is 0. The Kier molecular flexibility index (Phi) is 5.00. The fraction of sp³-hybridized carbons (Fsp3) is 0.240. The van der Waals surface area contributed by atoms with Crippen LogP contribution in [0.25, 0.3) is 22.0 Å². The highest BCUT2D eigenvalue weighted by Gasteiger charge is 2.40. The molecule has 0 saturated heterocycles. The summed E-state index contributed by atoms with van der Waals surface area (Å²) in [5, 5.41) is 9.77. The van der Waals surface area contributed by atoms with Crippen LogP contribution in [-0.4, -0.2) is 26.8 Å². The molecular weight excluding hydrogens is 421 g/mol. The molecule has 2 heterocycles. The summed E-state index contributed by atoms with van der Waals surface area (Å²) in [6.45, 7) is 4.25. The lowest BCUT2D eigenvalue weighted by Crippen LogP contribution is -2.23. The molecule has 2 aromatic heterocycles. The van der Waals surface area contributed by atoms with Crippen LogP contribution >= 0.6 is 0 Å². The summed E-state index contributed by atoms with van der Waals surface area (Å²) in [6, 6.07) is 13.1. The number of H-pyrrole nitrogens is 1. The number of carbonyl (C=O) groups is 1. The normalized spacial score (nSPS) is 17.3. The van der Waals surface area contributed by atoms with Gasteiger partial charge in [-0.15, -0.1) is 0 Å². The molecule has 0 aliphatic heterocycles. The number of halogens is 1. The lowest BCUT2D eigenvalue weighted by Gasteiger charge is -2.09. The van der Waals surface area contributed by atoms with Crippen molar-refractivity contribution in [2.45, 2.75) is 39.0 Å². The zero-order chi connectivity index (χ0) is 23.3. The van der Waals surface area contributed by atoms with E-state index in [0.717, 1.165) is 27.8 Å². The van der Waals surface area contributed by atoms with Crippen LogP contribution in [0.1, 0.15) is 39.5 Å². The van der Waals surface area contributed by atoms with E-state index in [2.05, 4.69) is 15.5 Å². The number of nitrogens with one attached hydrogen (secondary N) is 2. The Labute approximate surface area is 189 Å². The number of benzene rings is 2. The third-order valence-corrected chi connectivity index (χ3v) is 6.18. The van der Waals surface area contributed by atoms with Gasteiger partial charge in [0.05, 0.1) is 11.4 Å². The second-order valence-electron chi connectivity index (χ2n) is 8.63. The number of alkyl halides is 1. The summed E-state index contributed by atoms with van der Waals surface area (Å²) in [6.07, 6.45) is 1.19. The van der Waals surface area contributed by atoms with Crippen LogP contribution < -0.4 is 16.6 Å². The SMILES string of the molecule is Cc1ccc(C)c(C(=O)NCc2ccc(-c3cn([C@@H]4C[C@@H]4F)c4c(=O)[nH]nc(N)c34)cc2)c1. The molecule has 33 heavy (non-hydrogen) atoms. The van der Waals surface area contributed by atoms with Crippen molar-refractivity contribution in [2.75, 3.05) is 5.73 Å². The molecule has 1 aliphatic rings. The number of nitrogen functional groups attached to an aromatic ring is 1. The number of aryl methyl sites for hydroxylation is 2. The molecule has 1 amide bonds. The number of hydrogen-bond acceptors (Lipinski definition) is 4. The number of anilines is 1. The Morgan fingerprint density at radius 3 is 2.67 bits per heavy atom. The van der Waals surface area contributed by atoms with Gasteiger partial charge in [-0.1, -0.05) is 42.0 Å². The summed E-state index contributed by atoms with van der Waals surface area (Å²) in [4.78, 5) is 25.0. The van der Waals surface area contributed by atoms with Gasteiger partial charge in [0.1, 0.15) is 11.7 Å². The highest BCUT2D eigenvalue weighted by atomic mass is 19.1. The maximum atomic E-state index is 13.8. The molecule has 1 aliphatic carbocycles. The quantitative estimate of drug-likeness (QED) is 0.434. The molecule has 1 fully saturated rings. The van der Waals surface area contributed by atoms with E-state index in [1.807, 2.05) is 56.3 Å². The number of amides is 1. The Morgan fingerprint density at radius 1 is 1.24 bits per heavy atom. The predicted octanol–water partition coefficient (Wildman–Crippen LogP) is 3.80. The summed E-state index contributed by atoms with van der Waals surface area (Å²) in [5.74, 6) is 0.0749. The molecule has 1 saturated carbocycles. The lowest BCUT2D eigenvalue weighted by atomic mass is 10.0. The number of hydrogen-bond donors (Lipinski definition) is 3. The first kappa shape index (κ1) is 20.9. The fourth-order valence-electron chi connectivity index (χ4n) is 4.22. The van der Waals surface area contributed by atoms with Crippen LogP contribution in [0.5, 0.6) is 0 Å². The van der Waals surface area contributed by atoms with Gasteiger partial charge in [0.15, 0.2) is 5.82 Å². The molecule has 0 unspecified atom stereocenters. The number of aromatic nitrogens is 3. The van der Waals surface area contributed by atoms with Gasteiger partial charge < -0.3 is 15.6 Å². The van der Waals surface area contributed by atoms with E-state index in [4.69, 9.17) is 5.73 Å². The van der Waals surface area contributed by atoms with Gasteiger partial charge >= 0.3 is 0 Å². The first-order valence-electron chi connectivity index (χ1n) is 10.8. The van der Waals surface area contributed by atoms with E-state index in [0.29, 0.717) is 29.4 Å². The Hall–Kier alpha value is -3.94. The summed E-state index contributed by atoms with van der Waals surface area (Å²) < 4.78 is 15.5. The standard InChI is InChI=1S/C25H24FN5O2/c1-13-3-4-14(2)17(9-13)24(32)28-11-15-5-7-16(8-6-15)18-12-31(20-10-19(20)26)22-21(18)23(27)29-30-25(22)33/h3-9,12,19-20H,10-11H2,1-2H3,(H2,27,29)(H,28,32)(H,30,33)/t19-,20+/m0/s1. The van der Waals surface area contributed by atoms with Crippen molar-refractivity contribution >= 4 is 22.6 Å². The van der Waals surface area contributed by atoms with Crippen LogP contribution in [0.2, 0.25) is 0 Å². The second-order valence-corrected chi connectivity index (χ2v) is 8.63. The smallest absolute Gasteiger partial charge is 0.288 e. The van der Waals surface area contributed by atoms with Crippen LogP contribution in [0.15, 0.2) is 53.5 Å². The minimum atomic E-state index is -0.967. The van der Waals surface area contributed by atoms with Crippen molar-refractivity contribution in [3.05, 3.63) is 81.3 Å². The number of carbonyl (C=O) groups excluding carboxylic acids is 1. The summed E-state index contributed by atoms with van der Waals surface area (Å²) in [5.41, 5.74) is 11.1. The number of fused-ring (bicyclic) bond motifs is 1. The minimum absolute atomic E-state index is 0.119. The molecule has 4 N–H and O–H groups in total. The Morgan fingerprint density at radius 2 is 1.97 bits per heavy atom. The average molecular weight is 445 g/mol. The van der Waals surface area contributed by atoms with Crippen LogP contribution in [-0.2, 0) is 6.54 Å². The zero-order valence-electron chi connectivity index (χ0n) is 18.4. The van der Waals surface area contributed by atoms with Crippen LogP contribution in [0, 0.1) is 13.8 Å². The maximum Gasteiger partial charge on any atom is 0.288 e. The van der Waals surface area contributed by atoms with Crippen molar-refractivity contribution in [1.29, 1.82) is 0 Å². The molecule has 2 aromatic carbocycles. The number of nitrogens with two attached hydrogens (primary N) is 1. The summed E-state index contributed by atoms with van der Waals surface area (Å²) in [7, 11) is 0. The van der Waals surface area contributed by atoms with E-state index < -0.39 is 11.7 Å². The van der Waals surface area contributed by atoms with Crippen molar-refractivity contribution in [3.63, 3.8) is 0 Å². The average Bonchev–Trinajstić information content (AvgIpc) is 3.39. The van der Waals surface area contributed by atoms with Gasteiger partial charge in [0, 0.05) is 30.3 Å². The number of nitrogens with zero attached hydrogens (tertiary/aromatic N) is 2. The lowest BCUT2D eigenvalue weighted by molar-refractivity contribution is 0.0950. The highest BCUT2D eigenvalue weighted by molar-refractivity contribution is 6.02. The maximum absolute atomic E-state index is 13.8. The van der Waals surface area contributed by atoms with Crippen molar-refractivity contribution < 1.29 is 9.18 Å². The van der Waals surface area contributed by atoms with E-state index in [9.17, 15) is 14.0 Å². The van der Waals surface area contributed by atoms with Crippen LogP contribution in [0.4, 0.5) is 10.2 Å². The molecule has 0 radical (unpaired) electrons. The zero-order valence-corrected chi connectivity index (χ0v) is 18.4. The fourth-order valence-corrected chi connectivity index (χ4v) is 4.22. The third-order valence-electron chi connectivity index (χ3n) is 6.18. The molecule has 8 heteroatoms. The van der Waals surface area contributed by atoms with Gasteiger partial charge in [-0.2, -0.15) is 5.10 Å². The molecular formula is C25H24FN5O2. The third kappa shape index (κ3) is 3.77. The Bertz CT molecular complexity index is 1440. The van der Waals surface area contributed by atoms with E-state index in [1.165, 1.54) is 0 Å². The van der Waals surface area contributed by atoms with Gasteiger partial charge in [-0.3, -0.25) is 9.59 Å². The van der Waals surface area contributed by atoms with E-state index in [-0.39, 0.29) is 17.8 Å². The first-order valence-corrected chi connectivity index (χ1v) is 10.8. The van der Waals surface area contributed by atoms with Crippen molar-refractivity contribution in [2.24, 2.45) is 0 Å². The van der Waals surface area contributed by atoms with E-state index in [1.54, 1.807) is 10.8 Å². The minimum Gasteiger partial charge on any atom is -0.382 e. The number of aromatic amines is 1. The van der Waals surface area contributed by atoms with Crippen LogP contribution in [0.3, 0.4) is 0 Å². The van der Waals surface area contributed by atoms with Gasteiger partial charge in [0.2, 0.25) is 0 Å².